The Kier molecular flexibility index (Phi) is 50.5. The van der Waals surface area contributed by atoms with Crippen molar-refractivity contribution in [3.05, 3.63) is 0 Å². The molecule has 7 N–H and O–H groups in total. The normalized spacial score (nSPS) is 13.3. The zero-order chi connectivity index (χ0) is 49.9. The van der Waals surface area contributed by atoms with Crippen molar-refractivity contribution in [2.24, 2.45) is 11.5 Å². The summed E-state index contributed by atoms with van der Waals surface area (Å²) in [4.78, 5) is 38.8. The van der Waals surface area contributed by atoms with Crippen molar-refractivity contribution in [1.29, 1.82) is 0 Å². The summed E-state index contributed by atoms with van der Waals surface area (Å²) in [5, 5.41) is 9.44. The van der Waals surface area contributed by atoms with Crippen LogP contribution in [-0.4, -0.2) is 96.2 Å². The smallest absolute Gasteiger partial charge is 0.462 e. The van der Waals surface area contributed by atoms with E-state index in [1.807, 2.05) is 0 Å². The number of nitrogens with two attached hydrogens (primary N) is 2. The number of rotatable bonds is 55. The third-order valence-electron chi connectivity index (χ3n) is 12.5. The molecule has 404 valence electrons. The Morgan fingerprint density at radius 1 is 0.500 bits per heavy atom. The number of ether oxygens (including phenoxy) is 2. The molecule has 0 aliphatic rings. The highest BCUT2D eigenvalue weighted by Gasteiger charge is 2.29. The summed E-state index contributed by atoms with van der Waals surface area (Å²) >= 11 is 0. The van der Waals surface area contributed by atoms with Crippen LogP contribution in [0.15, 0.2) is 0 Å². The Morgan fingerprint density at radius 3 is 1.38 bits per heavy atom. The second-order valence-corrected chi connectivity index (χ2v) is 20.7. The number of carbonyl (C=O) groups is 3. The highest BCUT2D eigenvalue weighted by molar-refractivity contribution is 7.48. The summed E-state index contributed by atoms with van der Waals surface area (Å²) in [5.74, 6) is -1.000. The van der Waals surface area contributed by atoms with Crippen LogP contribution in [0.1, 0.15) is 245 Å². The molecule has 0 fully saturated rings. The van der Waals surface area contributed by atoms with Gasteiger partial charge in [-0.2, -0.15) is 0 Å². The lowest BCUT2D eigenvalue weighted by Crippen LogP contribution is -2.46. The second kappa shape index (κ2) is 51.7. The molecule has 0 spiro atoms. The maximum absolute atomic E-state index is 13.4. The molecule has 0 aromatic carbocycles. The Bertz CT molecular complexity index is 1170. The van der Waals surface area contributed by atoms with Gasteiger partial charge in [0.25, 0.3) is 0 Å². The van der Waals surface area contributed by atoms with Crippen molar-refractivity contribution in [2.75, 3.05) is 66.2 Å². The molecule has 0 radical (unpaired) electrons. The van der Waals surface area contributed by atoms with Gasteiger partial charge in [0.15, 0.2) is 6.10 Å². The number of phosphoric acid groups is 1. The zero-order valence-corrected chi connectivity index (χ0v) is 45.1. The fourth-order valence-corrected chi connectivity index (χ4v) is 9.11. The van der Waals surface area contributed by atoms with E-state index in [1.54, 1.807) is 0 Å². The lowest BCUT2D eigenvalue weighted by Gasteiger charge is -2.22. The van der Waals surface area contributed by atoms with E-state index >= 15 is 0 Å². The van der Waals surface area contributed by atoms with E-state index in [9.17, 15) is 18.9 Å². The Balaban J connectivity index is 4.86. The molecule has 0 aliphatic carbocycles. The van der Waals surface area contributed by atoms with Crippen molar-refractivity contribution in [3.8, 4) is 0 Å². The zero-order valence-electron chi connectivity index (χ0n) is 44.3. The average molecular weight is 990 g/mol. The third-order valence-corrected chi connectivity index (χ3v) is 13.9. The van der Waals surface area contributed by atoms with E-state index in [1.165, 1.54) is 155 Å². The molecule has 0 saturated heterocycles. The first-order valence-corrected chi connectivity index (χ1v) is 29.6. The van der Waals surface area contributed by atoms with E-state index in [0.717, 1.165) is 70.9 Å². The van der Waals surface area contributed by atoms with Gasteiger partial charge < -0.3 is 36.9 Å². The number of phosphoric ester groups is 1. The van der Waals surface area contributed by atoms with Gasteiger partial charge in [0.1, 0.15) is 6.61 Å². The topological polar surface area (TPSA) is 203 Å². The van der Waals surface area contributed by atoms with Crippen LogP contribution in [0.25, 0.3) is 0 Å². The van der Waals surface area contributed by atoms with Gasteiger partial charge in [0.2, 0.25) is 5.91 Å². The lowest BCUT2D eigenvalue weighted by molar-refractivity contribution is -0.161. The van der Waals surface area contributed by atoms with Gasteiger partial charge in [-0.25, -0.2) is 4.57 Å². The summed E-state index contributed by atoms with van der Waals surface area (Å²) < 4.78 is 41.0. The van der Waals surface area contributed by atoms with Crippen LogP contribution in [0.3, 0.4) is 0 Å². The molecule has 0 bridgehead atoms. The summed E-state index contributed by atoms with van der Waals surface area (Å²) in [6.45, 7) is 7.21. The van der Waals surface area contributed by atoms with Crippen molar-refractivity contribution in [3.63, 3.8) is 0 Å². The van der Waals surface area contributed by atoms with Gasteiger partial charge in [-0.1, -0.05) is 194 Å². The number of nitrogens with one attached hydrogen (secondary N) is 3. The number of esters is 2. The first kappa shape index (κ1) is 66.4. The summed E-state index contributed by atoms with van der Waals surface area (Å²) in [7, 11) is -2.91. The average Bonchev–Trinajstić information content (AvgIpc) is 3.34. The van der Waals surface area contributed by atoms with E-state index in [4.69, 9.17) is 34.5 Å². The molecule has 3 atom stereocenters. The number of carbonyl (C=O) groups excluding carboxylic acids is 3. The quantitative estimate of drug-likeness (QED) is 0.0219. The molecule has 1 amide bonds. The summed E-state index contributed by atoms with van der Waals surface area (Å²) in [5.41, 5.74) is 11.2. The van der Waals surface area contributed by atoms with Gasteiger partial charge in [-0.05, 0) is 71.2 Å². The number of unbranched alkanes of at least 4 members (excludes halogenated alkanes) is 28. The number of amides is 1. The molecule has 0 aliphatic heterocycles. The first-order chi connectivity index (χ1) is 33.2. The molecule has 0 aromatic rings. The Morgan fingerprint density at radius 2 is 0.926 bits per heavy atom. The van der Waals surface area contributed by atoms with Crippen LogP contribution < -0.4 is 27.4 Å². The molecule has 68 heavy (non-hydrogen) atoms. The standard InChI is InChI=1S/C53H108N5O9P/c1-4-6-8-10-12-14-16-18-20-22-24-26-28-30-32-38-51(59)64-47-49(67-52(60)39-33-31-29-27-25-23-21-19-17-15-13-11-9-7-5-2)48-66-68(62,63-3)65-46-45-58-53(61)50(57-44-36-41-55)37-34-42-56-43-35-40-54/h49-50,56-57H,4-48,54-55H2,1-3H3,(H,58,61). The van der Waals surface area contributed by atoms with Crippen LogP contribution in [0.2, 0.25) is 0 Å². The van der Waals surface area contributed by atoms with E-state index < -0.39 is 25.9 Å². The van der Waals surface area contributed by atoms with Crippen molar-refractivity contribution >= 4 is 25.7 Å². The fourth-order valence-electron chi connectivity index (χ4n) is 8.16. The van der Waals surface area contributed by atoms with Gasteiger partial charge in [-0.3, -0.25) is 28.0 Å². The van der Waals surface area contributed by atoms with Gasteiger partial charge in [-0.15, -0.1) is 0 Å². The maximum atomic E-state index is 13.4. The molecular weight excluding hydrogens is 882 g/mol. The SMILES string of the molecule is CCCCCCCCCCCCCCCCCC(=O)OCC(COP(=O)(OC)OCCNC(=O)C(CCCNCCCN)NCCCN)OC(=O)CCCCCCCCCCCCCCCCC. The van der Waals surface area contributed by atoms with Crippen LogP contribution in [0.5, 0.6) is 0 Å². The van der Waals surface area contributed by atoms with Crippen molar-refractivity contribution in [1.82, 2.24) is 16.0 Å². The summed E-state index contributed by atoms with van der Waals surface area (Å²) in [6, 6.07) is -0.421. The monoisotopic (exact) mass is 990 g/mol. The number of hydrogen-bond donors (Lipinski definition) is 5. The van der Waals surface area contributed by atoms with E-state index in [2.05, 4.69) is 29.8 Å². The predicted molar refractivity (Wildman–Crippen MR) is 281 cm³/mol. The number of hydrogen-bond acceptors (Lipinski definition) is 13. The van der Waals surface area contributed by atoms with Crippen LogP contribution in [0, 0.1) is 0 Å². The van der Waals surface area contributed by atoms with Gasteiger partial charge in [0, 0.05) is 26.5 Å². The molecule has 14 nitrogen and oxygen atoms in total. The molecule has 3 unspecified atom stereocenters. The third kappa shape index (κ3) is 45.5. The van der Waals surface area contributed by atoms with Gasteiger partial charge in [0.05, 0.1) is 19.3 Å². The highest BCUT2D eigenvalue weighted by atomic mass is 31.2. The minimum atomic E-state index is -4.11. The Hall–Kier alpha value is -1.64. The molecule has 0 saturated carbocycles. The molecule has 0 aromatic heterocycles. The van der Waals surface area contributed by atoms with E-state index in [-0.39, 0.29) is 51.1 Å². The summed E-state index contributed by atoms with van der Waals surface area (Å²) in [6.07, 6.45) is 39.7. The minimum Gasteiger partial charge on any atom is -0.462 e. The first-order valence-electron chi connectivity index (χ1n) is 28.2. The molecule has 0 rings (SSSR count). The minimum absolute atomic E-state index is 0.0634. The predicted octanol–water partition coefficient (Wildman–Crippen LogP) is 11.9. The second-order valence-electron chi connectivity index (χ2n) is 18.9. The van der Waals surface area contributed by atoms with Crippen molar-refractivity contribution in [2.45, 2.75) is 257 Å². The molecule has 15 heteroatoms. The lowest BCUT2D eigenvalue weighted by atomic mass is 10.0. The van der Waals surface area contributed by atoms with E-state index in [0.29, 0.717) is 32.5 Å². The van der Waals surface area contributed by atoms with Crippen molar-refractivity contribution < 1.29 is 42.0 Å². The van der Waals surface area contributed by atoms with Crippen LogP contribution in [0.4, 0.5) is 0 Å². The van der Waals surface area contributed by atoms with Crippen LogP contribution in [-0.2, 0) is 42.0 Å². The molecule has 0 heterocycles. The van der Waals surface area contributed by atoms with Crippen LogP contribution >= 0.6 is 7.82 Å². The fraction of sp³-hybridized carbons (Fsp3) is 0.943. The Labute approximate surface area is 417 Å². The maximum Gasteiger partial charge on any atom is 0.474 e. The van der Waals surface area contributed by atoms with Gasteiger partial charge >= 0.3 is 19.8 Å². The highest BCUT2D eigenvalue weighted by Crippen LogP contribution is 2.48. The molecular formula is C53H108N5O9P. The largest absolute Gasteiger partial charge is 0.474 e.